The number of benzene rings is 1. The Hall–Kier alpha value is -1.37. The lowest BCUT2D eigenvalue weighted by Crippen LogP contribution is -2.41. The molecule has 0 amide bonds. The monoisotopic (exact) mass is 276 g/mol. The van der Waals surface area contributed by atoms with Crippen LogP contribution in [0.2, 0.25) is 5.02 Å². The lowest BCUT2D eigenvalue weighted by Gasteiger charge is -2.27. The van der Waals surface area contributed by atoms with Crippen LogP contribution >= 0.6 is 11.6 Å². The summed E-state index contributed by atoms with van der Waals surface area (Å²) in [7, 11) is 0. The number of halogens is 1. The van der Waals surface area contributed by atoms with Gasteiger partial charge in [-0.2, -0.15) is 5.26 Å². The summed E-state index contributed by atoms with van der Waals surface area (Å²) in [5, 5.41) is 9.29. The molecule has 4 heteroatoms. The van der Waals surface area contributed by atoms with Gasteiger partial charge >= 0.3 is 0 Å². The maximum atomic E-state index is 12.5. The second-order valence-electron chi connectivity index (χ2n) is 4.93. The molecule has 1 aliphatic carbocycles. The van der Waals surface area contributed by atoms with Gasteiger partial charge in [0.1, 0.15) is 0 Å². The molecule has 1 atom stereocenters. The first-order valence-electron chi connectivity index (χ1n) is 6.56. The first-order chi connectivity index (χ1) is 9.13. The zero-order chi connectivity index (χ0) is 13.8. The normalized spacial score (nSPS) is 16.1. The molecular weight excluding hydrogens is 260 g/mol. The average Bonchev–Trinajstić information content (AvgIpc) is 3.22. The van der Waals surface area contributed by atoms with Gasteiger partial charge in [-0.25, -0.2) is 0 Å². The highest BCUT2D eigenvalue weighted by atomic mass is 35.5. The number of hydrogen-bond donors (Lipinski definition) is 0. The van der Waals surface area contributed by atoms with Crippen molar-refractivity contribution in [3.8, 4) is 6.07 Å². The van der Waals surface area contributed by atoms with Gasteiger partial charge in [0.05, 0.1) is 12.1 Å². The molecule has 0 spiro atoms. The molecule has 0 radical (unpaired) electrons. The molecule has 0 saturated heterocycles. The molecule has 19 heavy (non-hydrogen) atoms. The molecule has 0 N–H and O–H groups in total. The van der Waals surface area contributed by atoms with Crippen LogP contribution in [0.4, 0.5) is 0 Å². The Bertz CT molecular complexity index is 505. The van der Waals surface area contributed by atoms with E-state index in [0.29, 0.717) is 29.6 Å². The van der Waals surface area contributed by atoms with Crippen molar-refractivity contribution < 1.29 is 4.79 Å². The molecule has 1 fully saturated rings. The van der Waals surface area contributed by atoms with E-state index in [1.54, 1.807) is 24.3 Å². The molecular formula is C15H17ClN2O. The topological polar surface area (TPSA) is 44.1 Å². The summed E-state index contributed by atoms with van der Waals surface area (Å²) >= 11 is 5.92. The predicted molar refractivity (Wildman–Crippen MR) is 75.2 cm³/mol. The fourth-order valence-electron chi connectivity index (χ4n) is 2.31. The van der Waals surface area contributed by atoms with Crippen molar-refractivity contribution in [1.29, 1.82) is 5.26 Å². The van der Waals surface area contributed by atoms with E-state index in [9.17, 15) is 4.79 Å². The highest BCUT2D eigenvalue weighted by molar-refractivity contribution is 6.31. The van der Waals surface area contributed by atoms with Crippen molar-refractivity contribution in [2.75, 3.05) is 6.54 Å². The zero-order valence-electron chi connectivity index (χ0n) is 11.0. The molecule has 0 bridgehead atoms. The van der Waals surface area contributed by atoms with Crippen molar-refractivity contribution >= 4 is 17.4 Å². The Morgan fingerprint density at radius 2 is 2.32 bits per heavy atom. The van der Waals surface area contributed by atoms with E-state index in [2.05, 4.69) is 11.0 Å². The number of rotatable bonds is 6. The number of hydrogen-bond acceptors (Lipinski definition) is 3. The summed E-state index contributed by atoms with van der Waals surface area (Å²) in [5.74, 6) is 0.0762. The van der Waals surface area contributed by atoms with Crippen LogP contribution in [0.1, 0.15) is 36.5 Å². The highest BCUT2D eigenvalue weighted by Crippen LogP contribution is 2.29. The fourth-order valence-corrected chi connectivity index (χ4v) is 2.50. The summed E-state index contributed by atoms with van der Waals surface area (Å²) in [5.41, 5.74) is 0.641. The molecule has 1 saturated carbocycles. The minimum absolute atomic E-state index is 0.0762. The minimum Gasteiger partial charge on any atom is -0.292 e. The largest absolute Gasteiger partial charge is 0.292 e. The summed E-state index contributed by atoms with van der Waals surface area (Å²) in [6, 6.07) is 9.47. The highest BCUT2D eigenvalue weighted by Gasteiger charge is 2.34. The van der Waals surface area contributed by atoms with Gasteiger partial charge in [0.2, 0.25) is 0 Å². The molecule has 0 aliphatic heterocycles. The number of nitrogens with zero attached hydrogens (tertiary/aromatic N) is 2. The molecule has 1 unspecified atom stereocenters. The smallest absolute Gasteiger partial charge is 0.179 e. The van der Waals surface area contributed by atoms with Gasteiger partial charge in [0, 0.05) is 29.6 Å². The molecule has 1 aromatic carbocycles. The molecule has 0 heterocycles. The van der Waals surface area contributed by atoms with Crippen LogP contribution < -0.4 is 0 Å². The van der Waals surface area contributed by atoms with Crippen molar-refractivity contribution in [2.45, 2.75) is 38.3 Å². The Morgan fingerprint density at radius 1 is 1.58 bits per heavy atom. The summed E-state index contributed by atoms with van der Waals surface area (Å²) < 4.78 is 0. The number of nitriles is 1. The molecule has 1 aliphatic rings. The van der Waals surface area contributed by atoms with Gasteiger partial charge in [-0.15, -0.1) is 0 Å². The maximum Gasteiger partial charge on any atom is 0.179 e. The van der Waals surface area contributed by atoms with E-state index < -0.39 is 0 Å². The third-order valence-corrected chi connectivity index (χ3v) is 3.72. The van der Waals surface area contributed by atoms with E-state index in [1.807, 2.05) is 6.92 Å². The Morgan fingerprint density at radius 3 is 2.89 bits per heavy atom. The van der Waals surface area contributed by atoms with Crippen LogP contribution in [-0.2, 0) is 0 Å². The van der Waals surface area contributed by atoms with Crippen LogP contribution in [0, 0.1) is 11.3 Å². The lowest BCUT2D eigenvalue weighted by molar-refractivity contribution is 0.0829. The van der Waals surface area contributed by atoms with E-state index >= 15 is 0 Å². The third-order valence-electron chi connectivity index (χ3n) is 3.48. The number of carbonyl (C=O) groups excluding carboxylic acids is 1. The Balaban J connectivity index is 2.10. The number of ketones is 1. The van der Waals surface area contributed by atoms with Crippen LogP contribution in [0.3, 0.4) is 0 Å². The van der Waals surface area contributed by atoms with Gasteiger partial charge in [0.15, 0.2) is 5.78 Å². The molecule has 1 aromatic rings. The first-order valence-corrected chi connectivity index (χ1v) is 6.93. The number of Topliss-reactive ketones (excluding diaryl/α,β-unsaturated/α-hetero) is 1. The molecule has 3 nitrogen and oxygen atoms in total. The maximum absolute atomic E-state index is 12.5. The van der Waals surface area contributed by atoms with Crippen molar-refractivity contribution in [1.82, 2.24) is 4.90 Å². The van der Waals surface area contributed by atoms with Crippen LogP contribution in [-0.4, -0.2) is 29.3 Å². The second-order valence-corrected chi connectivity index (χ2v) is 5.36. The quantitative estimate of drug-likeness (QED) is 0.749. The third kappa shape index (κ3) is 3.56. The standard InChI is InChI=1S/C15H17ClN2O/c1-11(18(9-3-8-17)14-6-7-14)15(19)12-4-2-5-13(16)10-12/h2,4-5,10-11,14H,3,6-7,9H2,1H3. The summed E-state index contributed by atoms with van der Waals surface area (Å²) in [4.78, 5) is 14.6. The molecule has 2 rings (SSSR count). The average molecular weight is 277 g/mol. The summed E-state index contributed by atoms with van der Waals surface area (Å²) in [6.45, 7) is 2.58. The fraction of sp³-hybridized carbons (Fsp3) is 0.467. The van der Waals surface area contributed by atoms with Crippen LogP contribution in [0.5, 0.6) is 0 Å². The minimum atomic E-state index is -0.195. The number of carbonyl (C=O) groups is 1. The van der Waals surface area contributed by atoms with Crippen LogP contribution in [0.15, 0.2) is 24.3 Å². The Labute approximate surface area is 118 Å². The Kier molecular flexibility index (Phi) is 4.57. The molecule has 100 valence electrons. The van der Waals surface area contributed by atoms with Gasteiger partial charge < -0.3 is 0 Å². The van der Waals surface area contributed by atoms with E-state index in [1.165, 1.54) is 0 Å². The molecule has 0 aromatic heterocycles. The van der Waals surface area contributed by atoms with Gasteiger partial charge in [-0.05, 0) is 31.9 Å². The zero-order valence-corrected chi connectivity index (χ0v) is 11.7. The lowest BCUT2D eigenvalue weighted by atomic mass is 10.0. The van der Waals surface area contributed by atoms with E-state index in [-0.39, 0.29) is 11.8 Å². The van der Waals surface area contributed by atoms with Gasteiger partial charge in [-0.1, -0.05) is 23.7 Å². The van der Waals surface area contributed by atoms with Crippen molar-refractivity contribution in [3.05, 3.63) is 34.9 Å². The van der Waals surface area contributed by atoms with Gasteiger partial charge in [0.25, 0.3) is 0 Å². The second kappa shape index (κ2) is 6.18. The van der Waals surface area contributed by atoms with Crippen LogP contribution in [0.25, 0.3) is 0 Å². The van der Waals surface area contributed by atoms with Crippen molar-refractivity contribution in [3.63, 3.8) is 0 Å². The van der Waals surface area contributed by atoms with E-state index in [4.69, 9.17) is 16.9 Å². The summed E-state index contributed by atoms with van der Waals surface area (Å²) in [6.07, 6.45) is 2.71. The van der Waals surface area contributed by atoms with Gasteiger partial charge in [-0.3, -0.25) is 9.69 Å². The SMILES string of the molecule is CC(C(=O)c1cccc(Cl)c1)N(CCC#N)C1CC1. The first kappa shape index (κ1) is 14.0. The van der Waals surface area contributed by atoms with Crippen molar-refractivity contribution in [2.24, 2.45) is 0 Å². The van der Waals surface area contributed by atoms with E-state index in [0.717, 1.165) is 12.8 Å². The predicted octanol–water partition coefficient (Wildman–Crippen LogP) is 3.29.